The predicted molar refractivity (Wildman–Crippen MR) is 90.2 cm³/mol. The molecular weight excluding hydrogens is 356 g/mol. The molecule has 2 nitrogen and oxygen atoms in total. The molecule has 2 aliphatic rings. The Balaban J connectivity index is 2.09. The summed E-state index contributed by atoms with van der Waals surface area (Å²) in [5, 5.41) is 2.97. The Kier molecular flexibility index (Phi) is 5.91. The second kappa shape index (κ2) is 7.80. The molecule has 1 N–H and O–H groups in total. The number of alkyl halides is 3. The highest BCUT2D eigenvalue weighted by Gasteiger charge is 2.42. The Labute approximate surface area is 150 Å². The van der Waals surface area contributed by atoms with Crippen molar-refractivity contribution in [2.24, 2.45) is 5.92 Å². The first-order valence-electron chi connectivity index (χ1n) is 8.89. The minimum atomic E-state index is -4.60. The lowest BCUT2D eigenvalue weighted by atomic mass is 9.78. The van der Waals surface area contributed by atoms with Crippen LogP contribution in [0.2, 0.25) is 5.02 Å². The number of hydrogen-bond acceptors (Lipinski definition) is 2. The zero-order valence-electron chi connectivity index (χ0n) is 14.0. The summed E-state index contributed by atoms with van der Waals surface area (Å²) < 4.78 is 55.7. The van der Waals surface area contributed by atoms with E-state index in [1.54, 1.807) is 0 Å². The molecule has 2 fully saturated rings. The fourth-order valence-electron chi connectivity index (χ4n) is 4.23. The summed E-state index contributed by atoms with van der Waals surface area (Å²) in [6.45, 7) is 2.63. The molecule has 1 aromatic rings. The van der Waals surface area contributed by atoms with Gasteiger partial charge in [0.05, 0.1) is 10.6 Å². The van der Waals surface area contributed by atoms with Gasteiger partial charge >= 0.3 is 6.18 Å². The van der Waals surface area contributed by atoms with Crippen LogP contribution in [-0.4, -0.2) is 31.1 Å². The summed E-state index contributed by atoms with van der Waals surface area (Å²) in [7, 11) is 0. The minimum absolute atomic E-state index is 0.0286. The highest BCUT2D eigenvalue weighted by molar-refractivity contribution is 6.30. The molecule has 0 amide bonds. The van der Waals surface area contributed by atoms with Crippen molar-refractivity contribution >= 4 is 11.6 Å². The van der Waals surface area contributed by atoms with Crippen LogP contribution >= 0.6 is 11.6 Å². The maximum Gasteiger partial charge on any atom is 0.416 e. The Hall–Kier alpha value is -0.850. The van der Waals surface area contributed by atoms with E-state index in [0.717, 1.165) is 44.2 Å². The molecule has 7 heteroatoms. The summed E-state index contributed by atoms with van der Waals surface area (Å²) >= 11 is 5.88. The predicted octanol–water partition coefficient (Wildman–Crippen LogP) is 5.02. The van der Waals surface area contributed by atoms with Crippen molar-refractivity contribution in [2.45, 2.75) is 44.3 Å². The van der Waals surface area contributed by atoms with Crippen LogP contribution in [0.15, 0.2) is 12.1 Å². The van der Waals surface area contributed by atoms with Gasteiger partial charge in [0.1, 0.15) is 5.82 Å². The van der Waals surface area contributed by atoms with Crippen molar-refractivity contribution in [2.75, 3.05) is 26.2 Å². The third kappa shape index (κ3) is 4.12. The van der Waals surface area contributed by atoms with E-state index in [1.807, 2.05) is 4.90 Å². The molecule has 1 saturated carbocycles. The van der Waals surface area contributed by atoms with Gasteiger partial charge < -0.3 is 5.32 Å². The minimum Gasteiger partial charge on any atom is -0.314 e. The molecule has 0 spiro atoms. The monoisotopic (exact) mass is 378 g/mol. The number of halogens is 5. The number of benzene rings is 1. The molecule has 25 heavy (non-hydrogen) atoms. The first kappa shape index (κ1) is 18.9. The summed E-state index contributed by atoms with van der Waals surface area (Å²) in [5.41, 5.74) is -1.14. The van der Waals surface area contributed by atoms with Gasteiger partial charge in [0, 0.05) is 37.8 Å². The third-order valence-corrected chi connectivity index (χ3v) is 5.67. The lowest BCUT2D eigenvalue weighted by molar-refractivity contribution is -0.139. The van der Waals surface area contributed by atoms with Gasteiger partial charge in [-0.1, -0.05) is 30.9 Å². The van der Waals surface area contributed by atoms with E-state index >= 15 is 0 Å². The number of nitrogens with zero attached hydrogens (tertiary/aromatic N) is 1. The van der Waals surface area contributed by atoms with Crippen LogP contribution in [0, 0.1) is 11.7 Å². The quantitative estimate of drug-likeness (QED) is 0.742. The fourth-order valence-corrected chi connectivity index (χ4v) is 4.39. The van der Waals surface area contributed by atoms with Gasteiger partial charge in [0.15, 0.2) is 0 Å². The van der Waals surface area contributed by atoms with Crippen LogP contribution in [0.4, 0.5) is 17.6 Å². The lowest BCUT2D eigenvalue weighted by Gasteiger charge is -2.42. The van der Waals surface area contributed by atoms with Crippen LogP contribution in [0.5, 0.6) is 0 Å². The zero-order valence-corrected chi connectivity index (χ0v) is 14.8. The highest BCUT2D eigenvalue weighted by Crippen LogP contribution is 2.45. The van der Waals surface area contributed by atoms with Crippen molar-refractivity contribution < 1.29 is 17.6 Å². The van der Waals surface area contributed by atoms with Crippen molar-refractivity contribution in [1.82, 2.24) is 10.2 Å². The molecule has 0 bridgehead atoms. The highest BCUT2D eigenvalue weighted by atomic mass is 35.5. The molecule has 0 radical (unpaired) electrons. The molecular formula is C18H23ClF4N2. The topological polar surface area (TPSA) is 15.3 Å². The Morgan fingerprint density at radius 1 is 1.08 bits per heavy atom. The average Bonchev–Trinajstić information content (AvgIpc) is 2.60. The molecule has 1 saturated heterocycles. The second-order valence-electron chi connectivity index (χ2n) is 6.95. The van der Waals surface area contributed by atoms with E-state index in [1.165, 1.54) is 0 Å². The van der Waals surface area contributed by atoms with E-state index in [-0.39, 0.29) is 16.5 Å². The van der Waals surface area contributed by atoms with Gasteiger partial charge in [-0.25, -0.2) is 4.39 Å². The standard InChI is InChI=1S/C18H23ClF4N2/c19-14-7-6-13(18(21,22)23)15(16(14)20)17(12-4-2-1-3-5-12)25-10-8-24-9-11-25/h6-7,12,17,24H,1-5,8-11H2/t17-/m0/s1. The van der Waals surface area contributed by atoms with Gasteiger partial charge in [0.2, 0.25) is 0 Å². The number of hydrogen-bond donors (Lipinski definition) is 1. The molecule has 1 aliphatic heterocycles. The van der Waals surface area contributed by atoms with Gasteiger partial charge in [-0.05, 0) is 30.9 Å². The molecule has 1 aliphatic carbocycles. The van der Waals surface area contributed by atoms with Gasteiger partial charge in [0.25, 0.3) is 0 Å². The molecule has 0 unspecified atom stereocenters. The lowest BCUT2D eigenvalue weighted by Crippen LogP contribution is -2.47. The van der Waals surface area contributed by atoms with Gasteiger partial charge in [-0.3, -0.25) is 4.90 Å². The van der Waals surface area contributed by atoms with E-state index in [2.05, 4.69) is 5.32 Å². The first-order valence-corrected chi connectivity index (χ1v) is 9.27. The largest absolute Gasteiger partial charge is 0.416 e. The third-order valence-electron chi connectivity index (χ3n) is 5.38. The Morgan fingerprint density at radius 3 is 2.32 bits per heavy atom. The molecule has 0 aromatic heterocycles. The maximum absolute atomic E-state index is 14.9. The Morgan fingerprint density at radius 2 is 1.72 bits per heavy atom. The number of rotatable bonds is 3. The van der Waals surface area contributed by atoms with Crippen molar-refractivity contribution in [3.05, 3.63) is 34.1 Å². The molecule has 1 atom stereocenters. The van der Waals surface area contributed by atoms with Crippen LogP contribution < -0.4 is 5.32 Å². The van der Waals surface area contributed by atoms with Crippen molar-refractivity contribution in [3.8, 4) is 0 Å². The van der Waals surface area contributed by atoms with Crippen LogP contribution in [0.3, 0.4) is 0 Å². The van der Waals surface area contributed by atoms with Gasteiger partial charge in [-0.2, -0.15) is 13.2 Å². The maximum atomic E-state index is 14.9. The fraction of sp³-hybridized carbons (Fsp3) is 0.667. The first-order chi connectivity index (χ1) is 11.9. The van der Waals surface area contributed by atoms with E-state index in [0.29, 0.717) is 26.2 Å². The zero-order chi connectivity index (χ0) is 18.0. The molecule has 3 rings (SSSR count). The molecule has 1 aromatic carbocycles. The second-order valence-corrected chi connectivity index (χ2v) is 7.36. The van der Waals surface area contributed by atoms with Gasteiger partial charge in [-0.15, -0.1) is 0 Å². The number of piperazine rings is 1. The number of nitrogens with one attached hydrogen (secondary N) is 1. The average molecular weight is 379 g/mol. The van der Waals surface area contributed by atoms with E-state index in [4.69, 9.17) is 11.6 Å². The van der Waals surface area contributed by atoms with E-state index < -0.39 is 23.6 Å². The Bertz CT molecular complexity index is 575. The molecule has 1 heterocycles. The SMILES string of the molecule is Fc1c(Cl)ccc(C(F)(F)F)c1[C@H](C1CCCCC1)N1CCNCC1. The van der Waals surface area contributed by atoms with Crippen molar-refractivity contribution in [3.63, 3.8) is 0 Å². The van der Waals surface area contributed by atoms with Crippen molar-refractivity contribution in [1.29, 1.82) is 0 Å². The van der Waals surface area contributed by atoms with E-state index in [9.17, 15) is 17.6 Å². The summed E-state index contributed by atoms with van der Waals surface area (Å²) in [6.07, 6.45) is 0.125. The smallest absolute Gasteiger partial charge is 0.314 e. The summed E-state index contributed by atoms with van der Waals surface area (Å²) in [6, 6.07) is 1.37. The van der Waals surface area contributed by atoms with Crippen LogP contribution in [-0.2, 0) is 6.18 Å². The summed E-state index contributed by atoms with van der Waals surface area (Å²) in [4.78, 5) is 2.01. The molecule has 140 valence electrons. The normalized spacial score (nSPS) is 22.1. The van der Waals surface area contributed by atoms with Crippen LogP contribution in [0.1, 0.15) is 49.3 Å². The van der Waals surface area contributed by atoms with Crippen LogP contribution in [0.25, 0.3) is 0 Å². The summed E-state index contributed by atoms with van der Waals surface area (Å²) in [5.74, 6) is -0.883.